The van der Waals surface area contributed by atoms with Crippen molar-refractivity contribution in [2.24, 2.45) is 0 Å². The van der Waals surface area contributed by atoms with Gasteiger partial charge in [0.2, 0.25) is 0 Å². The summed E-state index contributed by atoms with van der Waals surface area (Å²) in [6.07, 6.45) is 0. The van der Waals surface area contributed by atoms with Gasteiger partial charge in [-0.1, -0.05) is 12.1 Å². The molecule has 0 radical (unpaired) electrons. The van der Waals surface area contributed by atoms with Gasteiger partial charge in [-0.05, 0) is 54.1 Å². The first-order valence-corrected chi connectivity index (χ1v) is 11.2. The van der Waals surface area contributed by atoms with Gasteiger partial charge in [0, 0.05) is 44.4 Å². The SMILES string of the molecule is COc1cccc(Oc2ccc(C(=O)N3CCN(Cc4ccc(OC)c(OC)c4)CC3)cc2)c1. The maximum Gasteiger partial charge on any atom is 0.253 e. The third-order valence-corrected chi connectivity index (χ3v) is 5.89. The highest BCUT2D eigenvalue weighted by Gasteiger charge is 2.22. The lowest BCUT2D eigenvalue weighted by molar-refractivity contribution is 0.0628. The van der Waals surface area contributed by atoms with Gasteiger partial charge in [-0.2, -0.15) is 0 Å². The lowest BCUT2D eigenvalue weighted by atomic mass is 10.1. The van der Waals surface area contributed by atoms with Gasteiger partial charge >= 0.3 is 0 Å². The third-order valence-electron chi connectivity index (χ3n) is 5.89. The van der Waals surface area contributed by atoms with Crippen LogP contribution in [0.3, 0.4) is 0 Å². The highest BCUT2D eigenvalue weighted by atomic mass is 16.5. The molecule has 1 aliphatic rings. The predicted molar refractivity (Wildman–Crippen MR) is 130 cm³/mol. The van der Waals surface area contributed by atoms with Gasteiger partial charge in [-0.3, -0.25) is 9.69 Å². The second kappa shape index (κ2) is 10.9. The summed E-state index contributed by atoms with van der Waals surface area (Å²) in [5, 5.41) is 0. The van der Waals surface area contributed by atoms with Crippen LogP contribution in [0.5, 0.6) is 28.7 Å². The van der Waals surface area contributed by atoms with Crippen molar-refractivity contribution in [1.29, 1.82) is 0 Å². The van der Waals surface area contributed by atoms with E-state index in [9.17, 15) is 4.79 Å². The van der Waals surface area contributed by atoms with E-state index in [1.54, 1.807) is 21.3 Å². The highest BCUT2D eigenvalue weighted by Crippen LogP contribution is 2.28. The molecular formula is C27H30N2O5. The zero-order valence-electron chi connectivity index (χ0n) is 19.8. The van der Waals surface area contributed by atoms with Crippen LogP contribution in [0.1, 0.15) is 15.9 Å². The highest BCUT2D eigenvalue weighted by molar-refractivity contribution is 5.94. The smallest absolute Gasteiger partial charge is 0.253 e. The predicted octanol–water partition coefficient (Wildman–Crippen LogP) is 4.46. The molecule has 3 aromatic carbocycles. The van der Waals surface area contributed by atoms with Gasteiger partial charge in [0.15, 0.2) is 11.5 Å². The van der Waals surface area contributed by atoms with E-state index in [-0.39, 0.29) is 5.91 Å². The molecule has 1 heterocycles. The summed E-state index contributed by atoms with van der Waals surface area (Å²) in [6, 6.07) is 20.7. The number of rotatable bonds is 8. The minimum Gasteiger partial charge on any atom is -0.497 e. The van der Waals surface area contributed by atoms with Gasteiger partial charge in [0.25, 0.3) is 5.91 Å². The number of amides is 1. The van der Waals surface area contributed by atoms with Crippen LogP contribution in [-0.2, 0) is 6.54 Å². The number of methoxy groups -OCH3 is 3. The lowest BCUT2D eigenvalue weighted by Crippen LogP contribution is -2.48. The maximum atomic E-state index is 13.0. The van der Waals surface area contributed by atoms with Gasteiger partial charge in [0.05, 0.1) is 21.3 Å². The molecule has 0 aliphatic carbocycles. The molecule has 0 aromatic heterocycles. The molecule has 4 rings (SSSR count). The summed E-state index contributed by atoms with van der Waals surface area (Å²) in [7, 11) is 4.90. The summed E-state index contributed by atoms with van der Waals surface area (Å²) in [4.78, 5) is 17.2. The second-order valence-electron chi connectivity index (χ2n) is 8.06. The molecule has 0 bridgehead atoms. The number of piperazine rings is 1. The fraction of sp³-hybridized carbons (Fsp3) is 0.296. The fourth-order valence-corrected chi connectivity index (χ4v) is 4.00. The third kappa shape index (κ3) is 5.61. The van der Waals surface area contributed by atoms with Gasteiger partial charge < -0.3 is 23.8 Å². The van der Waals surface area contributed by atoms with Crippen LogP contribution in [0.25, 0.3) is 0 Å². The summed E-state index contributed by atoms with van der Waals surface area (Å²) in [5.74, 6) is 3.58. The molecule has 1 fully saturated rings. The summed E-state index contributed by atoms with van der Waals surface area (Å²) < 4.78 is 21.8. The van der Waals surface area contributed by atoms with Crippen molar-refractivity contribution in [3.8, 4) is 28.7 Å². The maximum absolute atomic E-state index is 13.0. The van der Waals surface area contributed by atoms with Crippen LogP contribution in [0.4, 0.5) is 0 Å². The number of hydrogen-bond acceptors (Lipinski definition) is 6. The van der Waals surface area contributed by atoms with E-state index in [1.807, 2.05) is 71.6 Å². The topological polar surface area (TPSA) is 60.5 Å². The number of ether oxygens (including phenoxy) is 4. The summed E-state index contributed by atoms with van der Waals surface area (Å²) in [6.45, 7) is 3.81. The van der Waals surface area contributed by atoms with Gasteiger partial charge in [-0.15, -0.1) is 0 Å². The van der Waals surface area contributed by atoms with Crippen molar-refractivity contribution in [2.75, 3.05) is 47.5 Å². The average Bonchev–Trinajstić information content (AvgIpc) is 2.89. The molecule has 0 unspecified atom stereocenters. The van der Waals surface area contributed by atoms with Crippen LogP contribution in [0.15, 0.2) is 66.7 Å². The van der Waals surface area contributed by atoms with Crippen molar-refractivity contribution in [3.05, 3.63) is 77.9 Å². The molecule has 7 heteroatoms. The molecule has 1 saturated heterocycles. The van der Waals surface area contributed by atoms with E-state index in [1.165, 1.54) is 0 Å². The summed E-state index contributed by atoms with van der Waals surface area (Å²) >= 11 is 0. The van der Waals surface area contributed by atoms with Crippen LogP contribution < -0.4 is 18.9 Å². The Kier molecular flexibility index (Phi) is 7.54. The Morgan fingerprint density at radius 3 is 2.12 bits per heavy atom. The molecule has 0 spiro atoms. The van der Waals surface area contributed by atoms with Crippen molar-refractivity contribution >= 4 is 5.91 Å². The molecular weight excluding hydrogens is 432 g/mol. The van der Waals surface area contributed by atoms with Crippen LogP contribution in [0.2, 0.25) is 0 Å². The first-order valence-electron chi connectivity index (χ1n) is 11.2. The second-order valence-corrected chi connectivity index (χ2v) is 8.06. The Balaban J connectivity index is 1.31. The molecule has 1 amide bonds. The Hall–Kier alpha value is -3.71. The zero-order valence-corrected chi connectivity index (χ0v) is 19.8. The lowest BCUT2D eigenvalue weighted by Gasteiger charge is -2.35. The quantitative estimate of drug-likeness (QED) is 0.493. The number of nitrogens with zero attached hydrogens (tertiary/aromatic N) is 2. The standard InChI is InChI=1S/C27H30N2O5/c1-31-23-5-4-6-24(18-23)34-22-10-8-21(9-11-22)27(30)29-15-13-28(14-16-29)19-20-7-12-25(32-2)26(17-20)33-3/h4-12,17-18H,13-16,19H2,1-3H3. The Morgan fingerprint density at radius 2 is 1.44 bits per heavy atom. The molecule has 0 N–H and O–H groups in total. The minimum atomic E-state index is 0.0405. The first kappa shape index (κ1) is 23.4. The largest absolute Gasteiger partial charge is 0.497 e. The molecule has 34 heavy (non-hydrogen) atoms. The van der Waals surface area contributed by atoms with Gasteiger partial charge in [-0.25, -0.2) is 0 Å². The average molecular weight is 463 g/mol. The van der Waals surface area contributed by atoms with Crippen molar-refractivity contribution in [3.63, 3.8) is 0 Å². The van der Waals surface area contributed by atoms with Crippen LogP contribution >= 0.6 is 0 Å². The van der Waals surface area contributed by atoms with E-state index in [0.29, 0.717) is 30.2 Å². The van der Waals surface area contributed by atoms with Gasteiger partial charge in [0.1, 0.15) is 17.2 Å². The Bertz CT molecular complexity index is 1110. The summed E-state index contributed by atoms with van der Waals surface area (Å²) in [5.41, 5.74) is 1.82. The monoisotopic (exact) mass is 462 g/mol. The molecule has 0 saturated carbocycles. The van der Waals surface area contributed by atoms with Crippen LogP contribution in [-0.4, -0.2) is 63.2 Å². The zero-order chi connectivity index (χ0) is 23.9. The number of carbonyl (C=O) groups excluding carboxylic acids is 1. The Morgan fingerprint density at radius 1 is 0.735 bits per heavy atom. The molecule has 3 aromatic rings. The van der Waals surface area contributed by atoms with Crippen molar-refractivity contribution < 1.29 is 23.7 Å². The normalized spacial score (nSPS) is 13.9. The van der Waals surface area contributed by atoms with Crippen LogP contribution in [0, 0.1) is 0 Å². The minimum absolute atomic E-state index is 0.0405. The number of benzene rings is 3. The van der Waals surface area contributed by atoms with Crippen molar-refractivity contribution in [2.45, 2.75) is 6.54 Å². The van der Waals surface area contributed by atoms with E-state index in [4.69, 9.17) is 18.9 Å². The fourth-order valence-electron chi connectivity index (χ4n) is 4.00. The van der Waals surface area contributed by atoms with E-state index in [2.05, 4.69) is 4.90 Å². The van der Waals surface area contributed by atoms with E-state index >= 15 is 0 Å². The molecule has 7 nitrogen and oxygen atoms in total. The Labute approximate surface area is 200 Å². The number of carbonyl (C=O) groups is 1. The van der Waals surface area contributed by atoms with Crippen molar-refractivity contribution in [1.82, 2.24) is 9.80 Å². The molecule has 178 valence electrons. The van der Waals surface area contributed by atoms with E-state index in [0.717, 1.165) is 42.4 Å². The first-order chi connectivity index (χ1) is 16.6. The number of hydrogen-bond donors (Lipinski definition) is 0. The molecule has 0 atom stereocenters. The molecule has 1 aliphatic heterocycles. The van der Waals surface area contributed by atoms with E-state index < -0.39 is 0 Å².